The maximum absolute atomic E-state index is 11.4. The van der Waals surface area contributed by atoms with Crippen molar-refractivity contribution in [1.29, 1.82) is 0 Å². The van der Waals surface area contributed by atoms with Gasteiger partial charge in [-0.1, -0.05) is 0 Å². The van der Waals surface area contributed by atoms with Crippen LogP contribution in [0.15, 0.2) is 0 Å². The number of carbonyl (C=O) groups is 2. The average molecular weight is 214 g/mol. The van der Waals surface area contributed by atoms with Gasteiger partial charge in [0, 0.05) is 12.8 Å². The first-order valence-electron chi connectivity index (χ1n) is 5.18. The molecule has 1 saturated heterocycles. The molecule has 2 aliphatic rings. The standard InChI is InChI=1S/C10H14O5/c11-7-13-9(12)8-2-1-3-10(6-8)14-4-5-15-10/h7-8H,1-6H2. The third-order valence-electron chi connectivity index (χ3n) is 2.98. The van der Waals surface area contributed by atoms with Gasteiger partial charge in [-0.05, 0) is 12.8 Å². The predicted molar refractivity (Wildman–Crippen MR) is 48.7 cm³/mol. The molecule has 0 aromatic rings. The van der Waals surface area contributed by atoms with E-state index >= 15 is 0 Å². The minimum absolute atomic E-state index is 0.181. The number of carbonyl (C=O) groups excluding carboxylic acids is 2. The Hall–Kier alpha value is -0.940. The van der Waals surface area contributed by atoms with Gasteiger partial charge in [-0.3, -0.25) is 9.59 Å². The molecule has 5 nitrogen and oxygen atoms in total. The van der Waals surface area contributed by atoms with E-state index in [1.807, 2.05) is 0 Å². The highest BCUT2D eigenvalue weighted by molar-refractivity contribution is 5.78. The van der Waals surface area contributed by atoms with Gasteiger partial charge in [0.25, 0.3) is 0 Å². The van der Waals surface area contributed by atoms with E-state index in [1.165, 1.54) is 0 Å². The predicted octanol–water partition coefficient (Wildman–Crippen LogP) is 0.619. The maximum Gasteiger partial charge on any atom is 0.316 e. The van der Waals surface area contributed by atoms with Crippen molar-refractivity contribution in [2.75, 3.05) is 13.2 Å². The lowest BCUT2D eigenvalue weighted by atomic mass is 9.85. The molecule has 1 heterocycles. The molecule has 1 atom stereocenters. The Kier molecular flexibility index (Phi) is 3.02. The summed E-state index contributed by atoms with van der Waals surface area (Å²) in [6, 6.07) is 0. The molecule has 0 aromatic heterocycles. The molecule has 1 unspecified atom stereocenters. The van der Waals surface area contributed by atoms with Crippen LogP contribution < -0.4 is 0 Å². The van der Waals surface area contributed by atoms with Gasteiger partial charge in [0.05, 0.1) is 19.1 Å². The smallest absolute Gasteiger partial charge is 0.316 e. The van der Waals surface area contributed by atoms with Gasteiger partial charge in [0.15, 0.2) is 5.79 Å². The van der Waals surface area contributed by atoms with Crippen LogP contribution in [0.25, 0.3) is 0 Å². The summed E-state index contributed by atoms with van der Waals surface area (Å²) in [5, 5.41) is 0. The van der Waals surface area contributed by atoms with E-state index in [0.29, 0.717) is 19.6 Å². The van der Waals surface area contributed by atoms with E-state index in [-0.39, 0.29) is 12.4 Å². The van der Waals surface area contributed by atoms with Crippen molar-refractivity contribution >= 4 is 12.4 Å². The lowest BCUT2D eigenvalue weighted by molar-refractivity contribution is -0.194. The van der Waals surface area contributed by atoms with Crippen LogP contribution in [0.5, 0.6) is 0 Å². The van der Waals surface area contributed by atoms with Crippen molar-refractivity contribution in [3.05, 3.63) is 0 Å². The van der Waals surface area contributed by atoms with Crippen LogP contribution in [-0.2, 0) is 23.8 Å². The molecule has 5 heteroatoms. The van der Waals surface area contributed by atoms with Gasteiger partial charge in [0.1, 0.15) is 0 Å². The Balaban J connectivity index is 1.97. The molecule has 0 amide bonds. The van der Waals surface area contributed by atoms with Crippen LogP contribution >= 0.6 is 0 Å². The molecule has 1 saturated carbocycles. The minimum atomic E-state index is -0.592. The molecule has 1 spiro atoms. The molecule has 0 radical (unpaired) electrons. The molecular formula is C10H14O5. The Morgan fingerprint density at radius 3 is 2.80 bits per heavy atom. The zero-order chi connectivity index (χ0) is 10.7. The van der Waals surface area contributed by atoms with Crippen LogP contribution in [0.3, 0.4) is 0 Å². The van der Waals surface area contributed by atoms with Crippen molar-refractivity contribution < 1.29 is 23.8 Å². The lowest BCUT2D eigenvalue weighted by Crippen LogP contribution is -2.39. The molecule has 15 heavy (non-hydrogen) atoms. The van der Waals surface area contributed by atoms with Crippen molar-refractivity contribution in [1.82, 2.24) is 0 Å². The first-order valence-corrected chi connectivity index (χ1v) is 5.18. The second kappa shape index (κ2) is 4.28. The quantitative estimate of drug-likeness (QED) is 0.383. The summed E-state index contributed by atoms with van der Waals surface area (Å²) in [4.78, 5) is 21.4. The van der Waals surface area contributed by atoms with E-state index in [9.17, 15) is 9.59 Å². The fourth-order valence-corrected chi connectivity index (χ4v) is 2.30. The van der Waals surface area contributed by atoms with E-state index < -0.39 is 11.8 Å². The van der Waals surface area contributed by atoms with E-state index in [2.05, 4.69) is 4.74 Å². The largest absolute Gasteiger partial charge is 0.395 e. The van der Waals surface area contributed by atoms with Crippen LogP contribution in [0.4, 0.5) is 0 Å². The third-order valence-corrected chi connectivity index (χ3v) is 2.98. The monoisotopic (exact) mass is 214 g/mol. The summed E-state index contributed by atoms with van der Waals surface area (Å²) in [5.41, 5.74) is 0. The van der Waals surface area contributed by atoms with Crippen LogP contribution in [-0.4, -0.2) is 31.4 Å². The summed E-state index contributed by atoms with van der Waals surface area (Å²) in [6.45, 7) is 1.34. The van der Waals surface area contributed by atoms with Gasteiger partial charge in [-0.25, -0.2) is 0 Å². The number of ether oxygens (including phenoxy) is 3. The second-order valence-electron chi connectivity index (χ2n) is 3.93. The Morgan fingerprint density at radius 2 is 2.13 bits per heavy atom. The molecule has 84 valence electrons. The summed E-state index contributed by atoms with van der Waals surface area (Å²) in [5.74, 6) is -1.34. The number of hydrogen-bond donors (Lipinski definition) is 0. The third kappa shape index (κ3) is 2.18. The fourth-order valence-electron chi connectivity index (χ4n) is 2.30. The lowest BCUT2D eigenvalue weighted by Gasteiger charge is -2.34. The highest BCUT2D eigenvalue weighted by Gasteiger charge is 2.43. The van der Waals surface area contributed by atoms with Gasteiger partial charge in [-0.15, -0.1) is 0 Å². The van der Waals surface area contributed by atoms with Crippen LogP contribution in [0.1, 0.15) is 25.7 Å². The highest BCUT2D eigenvalue weighted by Crippen LogP contribution is 2.38. The summed E-state index contributed by atoms with van der Waals surface area (Å²) in [7, 11) is 0. The van der Waals surface area contributed by atoms with Crippen molar-refractivity contribution in [3.63, 3.8) is 0 Å². The van der Waals surface area contributed by atoms with Gasteiger partial charge >= 0.3 is 12.4 Å². The number of hydrogen-bond acceptors (Lipinski definition) is 5. The Morgan fingerprint density at radius 1 is 1.40 bits per heavy atom. The molecule has 2 rings (SSSR count). The zero-order valence-electron chi connectivity index (χ0n) is 8.44. The minimum Gasteiger partial charge on any atom is -0.395 e. The number of rotatable bonds is 2. The summed E-state index contributed by atoms with van der Waals surface area (Å²) < 4.78 is 15.4. The first kappa shape index (κ1) is 10.6. The SMILES string of the molecule is O=COC(=O)C1CCCC2(C1)OCCO2. The molecule has 1 aliphatic heterocycles. The van der Waals surface area contributed by atoms with E-state index in [1.54, 1.807) is 0 Å². The van der Waals surface area contributed by atoms with Crippen molar-refractivity contribution in [2.45, 2.75) is 31.5 Å². The number of esters is 1. The van der Waals surface area contributed by atoms with Gasteiger partial charge < -0.3 is 14.2 Å². The molecule has 0 aromatic carbocycles. The molecule has 2 fully saturated rings. The average Bonchev–Trinajstić information content (AvgIpc) is 2.67. The van der Waals surface area contributed by atoms with Crippen LogP contribution in [0.2, 0.25) is 0 Å². The summed E-state index contributed by atoms with van der Waals surface area (Å²) >= 11 is 0. The Labute approximate surface area is 87.7 Å². The van der Waals surface area contributed by atoms with Gasteiger partial charge in [-0.2, -0.15) is 0 Å². The van der Waals surface area contributed by atoms with Crippen LogP contribution in [0, 0.1) is 5.92 Å². The maximum atomic E-state index is 11.4. The fraction of sp³-hybridized carbons (Fsp3) is 0.800. The molecular weight excluding hydrogens is 200 g/mol. The van der Waals surface area contributed by atoms with Crippen molar-refractivity contribution in [3.8, 4) is 0 Å². The summed E-state index contributed by atoms with van der Waals surface area (Å²) in [6.07, 6.45) is 2.91. The van der Waals surface area contributed by atoms with E-state index in [0.717, 1.165) is 19.3 Å². The van der Waals surface area contributed by atoms with Crippen molar-refractivity contribution in [2.24, 2.45) is 5.92 Å². The normalized spacial score (nSPS) is 28.9. The molecule has 0 bridgehead atoms. The van der Waals surface area contributed by atoms with Gasteiger partial charge in [0.2, 0.25) is 0 Å². The van der Waals surface area contributed by atoms with E-state index in [4.69, 9.17) is 9.47 Å². The topological polar surface area (TPSA) is 61.8 Å². The second-order valence-corrected chi connectivity index (χ2v) is 3.93. The first-order chi connectivity index (χ1) is 7.26. The Bertz CT molecular complexity index is 257. The zero-order valence-corrected chi connectivity index (χ0v) is 8.44. The molecule has 1 aliphatic carbocycles. The highest BCUT2D eigenvalue weighted by atomic mass is 16.7. The molecule has 0 N–H and O–H groups in total.